The van der Waals surface area contributed by atoms with Crippen LogP contribution >= 0.6 is 0 Å². The van der Waals surface area contributed by atoms with Gasteiger partial charge < -0.3 is 19.1 Å². The Hall–Kier alpha value is -4.13. The van der Waals surface area contributed by atoms with Crippen LogP contribution in [0.2, 0.25) is 0 Å². The number of carbonyl (C=O) groups excluding carboxylic acids is 1. The zero-order valence-electron chi connectivity index (χ0n) is 19.0. The minimum absolute atomic E-state index is 0.413. The van der Waals surface area contributed by atoms with E-state index >= 15 is 0 Å². The second kappa shape index (κ2) is 9.56. The summed E-state index contributed by atoms with van der Waals surface area (Å²) in [7, 11) is 4.82. The number of hydrogen-bond donors (Lipinski definition) is 0. The van der Waals surface area contributed by atoms with E-state index in [-0.39, 0.29) is 0 Å². The van der Waals surface area contributed by atoms with Crippen molar-refractivity contribution >= 4 is 28.4 Å². The first-order chi connectivity index (χ1) is 16.0. The van der Waals surface area contributed by atoms with Crippen molar-refractivity contribution in [2.75, 3.05) is 26.2 Å². The summed E-state index contributed by atoms with van der Waals surface area (Å²) in [5.41, 5.74) is 2.36. The van der Waals surface area contributed by atoms with Crippen molar-refractivity contribution in [3.63, 3.8) is 0 Å². The third-order valence-corrected chi connectivity index (χ3v) is 5.31. The molecule has 0 radical (unpaired) electrons. The van der Waals surface area contributed by atoms with Crippen LogP contribution in [0.25, 0.3) is 10.9 Å². The van der Waals surface area contributed by atoms with Crippen molar-refractivity contribution in [3.05, 3.63) is 84.2 Å². The number of para-hydroxylation sites is 1. The molecule has 4 aromatic rings. The molecule has 0 aliphatic rings. The SMILES string of the molecule is COC(=O)C(Oc1cc(N(C)c2nc(C)nc3ccccc23)ccc1OC)c1ccccc1. The number of aromatic nitrogens is 2. The number of carbonyl (C=O) groups is 1. The van der Waals surface area contributed by atoms with E-state index in [2.05, 4.69) is 9.97 Å². The molecule has 0 aliphatic carbocycles. The van der Waals surface area contributed by atoms with Gasteiger partial charge in [-0.05, 0) is 31.2 Å². The molecular weight excluding hydrogens is 418 g/mol. The molecular formula is C26H25N3O4. The van der Waals surface area contributed by atoms with Crippen molar-refractivity contribution in [1.29, 1.82) is 0 Å². The van der Waals surface area contributed by atoms with Crippen molar-refractivity contribution in [1.82, 2.24) is 9.97 Å². The molecule has 1 heterocycles. The van der Waals surface area contributed by atoms with Crippen LogP contribution in [0.15, 0.2) is 72.8 Å². The molecule has 3 aromatic carbocycles. The van der Waals surface area contributed by atoms with Crippen molar-refractivity contribution < 1.29 is 19.0 Å². The molecule has 1 aromatic heterocycles. The fourth-order valence-corrected chi connectivity index (χ4v) is 3.63. The van der Waals surface area contributed by atoms with Gasteiger partial charge in [-0.25, -0.2) is 14.8 Å². The summed E-state index contributed by atoms with van der Waals surface area (Å²) in [5.74, 6) is 1.86. The fourth-order valence-electron chi connectivity index (χ4n) is 3.63. The Morgan fingerprint density at radius 1 is 0.909 bits per heavy atom. The summed E-state index contributed by atoms with van der Waals surface area (Å²) in [6.45, 7) is 1.87. The first kappa shape index (κ1) is 22.1. The second-order valence-corrected chi connectivity index (χ2v) is 7.44. The molecule has 4 rings (SSSR count). The molecule has 0 amide bonds. The van der Waals surface area contributed by atoms with Gasteiger partial charge in [0.1, 0.15) is 11.6 Å². The zero-order valence-corrected chi connectivity index (χ0v) is 19.0. The highest BCUT2D eigenvalue weighted by Crippen LogP contribution is 2.37. The van der Waals surface area contributed by atoms with Crippen LogP contribution in [-0.4, -0.2) is 37.2 Å². The number of methoxy groups -OCH3 is 2. The van der Waals surface area contributed by atoms with Gasteiger partial charge in [0.15, 0.2) is 11.5 Å². The lowest BCUT2D eigenvalue weighted by Crippen LogP contribution is -2.20. The number of esters is 1. The van der Waals surface area contributed by atoms with Crippen LogP contribution in [0.4, 0.5) is 11.5 Å². The summed E-state index contributed by atoms with van der Waals surface area (Å²) in [4.78, 5) is 23.7. The molecule has 7 nitrogen and oxygen atoms in total. The van der Waals surface area contributed by atoms with Gasteiger partial charge >= 0.3 is 5.97 Å². The molecule has 168 valence electrons. The molecule has 0 aliphatic heterocycles. The van der Waals surface area contributed by atoms with Gasteiger partial charge in [-0.1, -0.05) is 42.5 Å². The molecule has 0 bridgehead atoms. The largest absolute Gasteiger partial charge is 0.493 e. The molecule has 0 N–H and O–H groups in total. The van der Waals surface area contributed by atoms with Crippen LogP contribution in [0.5, 0.6) is 11.5 Å². The summed E-state index contributed by atoms with van der Waals surface area (Å²) in [5, 5.41) is 0.931. The predicted octanol–water partition coefficient (Wildman–Crippen LogP) is 5.01. The van der Waals surface area contributed by atoms with E-state index in [4.69, 9.17) is 14.2 Å². The van der Waals surface area contributed by atoms with E-state index < -0.39 is 12.1 Å². The average Bonchev–Trinajstić information content (AvgIpc) is 2.86. The van der Waals surface area contributed by atoms with Crippen LogP contribution in [0.3, 0.4) is 0 Å². The number of fused-ring (bicyclic) bond motifs is 1. The molecule has 1 unspecified atom stereocenters. The van der Waals surface area contributed by atoms with Gasteiger partial charge in [-0.3, -0.25) is 0 Å². The van der Waals surface area contributed by atoms with Crippen molar-refractivity contribution in [2.45, 2.75) is 13.0 Å². The Labute approximate surface area is 192 Å². The third kappa shape index (κ3) is 4.57. The van der Waals surface area contributed by atoms with E-state index in [0.717, 1.165) is 22.4 Å². The van der Waals surface area contributed by atoms with Gasteiger partial charge in [-0.15, -0.1) is 0 Å². The lowest BCUT2D eigenvalue weighted by molar-refractivity contribution is -0.149. The smallest absolute Gasteiger partial charge is 0.351 e. The second-order valence-electron chi connectivity index (χ2n) is 7.44. The average molecular weight is 444 g/mol. The molecule has 0 saturated carbocycles. The van der Waals surface area contributed by atoms with Gasteiger partial charge in [0.25, 0.3) is 0 Å². The standard InChI is InChI=1S/C26H25N3O4/c1-17-27-21-13-9-8-12-20(21)25(28-17)29(2)19-14-15-22(31-3)23(16-19)33-24(26(30)32-4)18-10-6-5-7-11-18/h5-16,24H,1-4H3. The Bertz CT molecular complexity index is 1280. The highest BCUT2D eigenvalue weighted by Gasteiger charge is 2.25. The molecule has 0 fully saturated rings. The van der Waals surface area contributed by atoms with Gasteiger partial charge in [0.05, 0.1) is 19.7 Å². The number of rotatable bonds is 7. The summed E-state index contributed by atoms with van der Waals surface area (Å²) in [6.07, 6.45) is -0.937. The summed E-state index contributed by atoms with van der Waals surface area (Å²) >= 11 is 0. The van der Waals surface area contributed by atoms with Crippen molar-refractivity contribution in [2.24, 2.45) is 0 Å². The molecule has 0 saturated heterocycles. The Kier molecular flexibility index (Phi) is 6.40. The number of nitrogens with zero attached hydrogens (tertiary/aromatic N) is 3. The normalized spacial score (nSPS) is 11.6. The minimum Gasteiger partial charge on any atom is -0.493 e. The first-order valence-corrected chi connectivity index (χ1v) is 10.5. The Balaban J connectivity index is 1.75. The third-order valence-electron chi connectivity index (χ3n) is 5.31. The quantitative estimate of drug-likeness (QED) is 0.372. The predicted molar refractivity (Wildman–Crippen MR) is 127 cm³/mol. The maximum absolute atomic E-state index is 12.5. The van der Waals surface area contributed by atoms with E-state index in [1.54, 1.807) is 13.2 Å². The highest BCUT2D eigenvalue weighted by atomic mass is 16.6. The van der Waals surface area contributed by atoms with Gasteiger partial charge in [0.2, 0.25) is 6.10 Å². The van der Waals surface area contributed by atoms with E-state index in [9.17, 15) is 4.79 Å². The van der Waals surface area contributed by atoms with Crippen LogP contribution < -0.4 is 14.4 Å². The molecule has 33 heavy (non-hydrogen) atoms. The van der Waals surface area contributed by atoms with Gasteiger partial charge in [0, 0.05) is 29.8 Å². The van der Waals surface area contributed by atoms with Crippen LogP contribution in [-0.2, 0) is 9.53 Å². The minimum atomic E-state index is -0.937. The lowest BCUT2D eigenvalue weighted by atomic mass is 10.1. The van der Waals surface area contributed by atoms with E-state index in [1.165, 1.54) is 7.11 Å². The summed E-state index contributed by atoms with van der Waals surface area (Å²) in [6, 6.07) is 22.6. The number of aryl methyl sites for hydroxylation is 1. The van der Waals surface area contributed by atoms with E-state index in [1.807, 2.05) is 85.6 Å². The Morgan fingerprint density at radius 2 is 1.64 bits per heavy atom. The molecule has 0 spiro atoms. The fraction of sp³-hybridized carbons (Fsp3) is 0.192. The zero-order chi connectivity index (χ0) is 23.4. The number of hydrogen-bond acceptors (Lipinski definition) is 7. The topological polar surface area (TPSA) is 73.8 Å². The van der Waals surface area contributed by atoms with E-state index in [0.29, 0.717) is 22.9 Å². The van der Waals surface area contributed by atoms with Crippen LogP contribution in [0.1, 0.15) is 17.5 Å². The highest BCUT2D eigenvalue weighted by molar-refractivity contribution is 5.91. The maximum atomic E-state index is 12.5. The van der Waals surface area contributed by atoms with Crippen molar-refractivity contribution in [3.8, 4) is 11.5 Å². The lowest BCUT2D eigenvalue weighted by Gasteiger charge is -2.23. The summed E-state index contributed by atoms with van der Waals surface area (Å²) < 4.78 is 16.6. The molecule has 7 heteroatoms. The number of benzene rings is 3. The Morgan fingerprint density at radius 3 is 2.36 bits per heavy atom. The number of ether oxygens (including phenoxy) is 3. The monoisotopic (exact) mass is 443 g/mol. The first-order valence-electron chi connectivity index (χ1n) is 10.5. The maximum Gasteiger partial charge on any atom is 0.351 e. The van der Waals surface area contributed by atoms with Gasteiger partial charge in [-0.2, -0.15) is 0 Å². The van der Waals surface area contributed by atoms with Crippen LogP contribution in [0, 0.1) is 6.92 Å². The number of anilines is 2. The molecule has 1 atom stereocenters.